The van der Waals surface area contributed by atoms with Crippen LogP contribution in [0.1, 0.15) is 30.1 Å². The van der Waals surface area contributed by atoms with Gasteiger partial charge in [-0.15, -0.1) is 10.2 Å². The summed E-state index contributed by atoms with van der Waals surface area (Å²) in [7, 11) is 0. The molecule has 178 valence electrons. The van der Waals surface area contributed by atoms with Gasteiger partial charge in [-0.1, -0.05) is 0 Å². The van der Waals surface area contributed by atoms with E-state index in [0.717, 1.165) is 37.4 Å². The van der Waals surface area contributed by atoms with Crippen LogP contribution < -0.4 is 15.0 Å². The third kappa shape index (κ3) is 4.63. The lowest BCUT2D eigenvalue weighted by atomic mass is 10.1. The number of fused-ring (bicyclic) bond motifs is 1. The molecule has 1 aliphatic rings. The second-order valence-electron chi connectivity index (χ2n) is 8.23. The van der Waals surface area contributed by atoms with Crippen LogP contribution in [-0.4, -0.2) is 45.5 Å². The van der Waals surface area contributed by atoms with Crippen molar-refractivity contribution in [2.45, 2.75) is 19.8 Å². The van der Waals surface area contributed by atoms with Crippen LogP contribution in [0.5, 0.6) is 5.75 Å². The first kappa shape index (κ1) is 22.3. The highest BCUT2D eigenvalue weighted by atomic mass is 16.6. The molecule has 35 heavy (non-hydrogen) atoms. The summed E-state index contributed by atoms with van der Waals surface area (Å²) in [6.07, 6.45) is 2.01. The molecule has 5 rings (SSSR count). The number of aromatic nitrogens is 3. The number of nitro benzene ring substituents is 1. The van der Waals surface area contributed by atoms with Crippen LogP contribution in [0.15, 0.2) is 60.7 Å². The van der Waals surface area contributed by atoms with E-state index in [-0.39, 0.29) is 11.3 Å². The van der Waals surface area contributed by atoms with Gasteiger partial charge in [-0.2, -0.15) is 4.80 Å². The number of ether oxygens (including phenoxy) is 1. The number of nitrogens with one attached hydrogen (secondary N) is 1. The quantitative estimate of drug-likeness (QED) is 0.309. The molecule has 0 bridgehead atoms. The third-order valence-corrected chi connectivity index (χ3v) is 5.90. The maximum absolute atomic E-state index is 12.9. The first-order chi connectivity index (χ1) is 17.0. The van der Waals surface area contributed by atoms with E-state index < -0.39 is 10.8 Å². The SMILES string of the molecule is CCOc1ccc(-n2nc3ccc(NC(=O)c4ccc(N5CCCC5)c([N+](=O)[O-])c4)cc3n2)cc1. The zero-order valence-corrected chi connectivity index (χ0v) is 19.2. The number of rotatable bonds is 7. The Kier molecular flexibility index (Phi) is 6.01. The number of carbonyl (C=O) groups is 1. The molecule has 1 saturated heterocycles. The van der Waals surface area contributed by atoms with Gasteiger partial charge < -0.3 is 15.0 Å². The second-order valence-corrected chi connectivity index (χ2v) is 8.23. The molecule has 0 spiro atoms. The average molecular weight is 473 g/mol. The molecule has 10 nitrogen and oxygen atoms in total. The maximum atomic E-state index is 12.9. The number of anilines is 2. The van der Waals surface area contributed by atoms with Crippen molar-refractivity contribution in [1.29, 1.82) is 0 Å². The van der Waals surface area contributed by atoms with E-state index in [2.05, 4.69) is 15.5 Å². The number of nitro groups is 1. The van der Waals surface area contributed by atoms with Gasteiger partial charge in [-0.05, 0) is 74.4 Å². The van der Waals surface area contributed by atoms with Crippen LogP contribution in [0, 0.1) is 10.1 Å². The van der Waals surface area contributed by atoms with Gasteiger partial charge in [-0.25, -0.2) is 0 Å². The largest absolute Gasteiger partial charge is 0.494 e. The predicted octanol–water partition coefficient (Wildman–Crippen LogP) is 4.58. The lowest BCUT2D eigenvalue weighted by Gasteiger charge is -2.17. The van der Waals surface area contributed by atoms with Gasteiger partial charge in [0, 0.05) is 30.4 Å². The Morgan fingerprint density at radius 2 is 1.77 bits per heavy atom. The molecule has 1 amide bonds. The molecule has 2 heterocycles. The Labute approximate surface area is 201 Å². The summed E-state index contributed by atoms with van der Waals surface area (Å²) in [5.41, 5.74) is 3.28. The normalized spacial score (nSPS) is 13.2. The molecule has 0 radical (unpaired) electrons. The van der Waals surface area contributed by atoms with Crippen LogP contribution >= 0.6 is 0 Å². The zero-order valence-electron chi connectivity index (χ0n) is 19.2. The van der Waals surface area contributed by atoms with Gasteiger partial charge in [0.1, 0.15) is 22.5 Å². The van der Waals surface area contributed by atoms with E-state index in [0.29, 0.717) is 29.0 Å². The summed E-state index contributed by atoms with van der Waals surface area (Å²) in [5.74, 6) is 0.339. The number of nitrogens with zero attached hydrogens (tertiary/aromatic N) is 5. The maximum Gasteiger partial charge on any atom is 0.293 e. The van der Waals surface area contributed by atoms with E-state index in [1.54, 1.807) is 30.3 Å². The summed E-state index contributed by atoms with van der Waals surface area (Å²) in [6.45, 7) is 4.08. The van der Waals surface area contributed by atoms with Crippen molar-refractivity contribution < 1.29 is 14.5 Å². The van der Waals surface area contributed by atoms with E-state index >= 15 is 0 Å². The Balaban J connectivity index is 1.36. The predicted molar refractivity (Wildman–Crippen MR) is 133 cm³/mol. The Morgan fingerprint density at radius 3 is 2.49 bits per heavy atom. The van der Waals surface area contributed by atoms with Gasteiger partial charge in [0.2, 0.25) is 0 Å². The Morgan fingerprint density at radius 1 is 1.03 bits per heavy atom. The molecule has 1 fully saturated rings. The minimum Gasteiger partial charge on any atom is -0.494 e. The fourth-order valence-corrected chi connectivity index (χ4v) is 4.19. The molecule has 0 atom stereocenters. The van der Waals surface area contributed by atoms with Gasteiger partial charge >= 0.3 is 0 Å². The lowest BCUT2D eigenvalue weighted by Crippen LogP contribution is -2.19. The molecule has 4 aromatic rings. The van der Waals surface area contributed by atoms with Crippen molar-refractivity contribution in [1.82, 2.24) is 15.0 Å². The summed E-state index contributed by atoms with van der Waals surface area (Å²) >= 11 is 0. The van der Waals surface area contributed by atoms with Crippen molar-refractivity contribution in [2.24, 2.45) is 0 Å². The van der Waals surface area contributed by atoms with Crippen molar-refractivity contribution >= 4 is 34.0 Å². The number of hydrogen-bond donors (Lipinski definition) is 1. The first-order valence-electron chi connectivity index (χ1n) is 11.5. The summed E-state index contributed by atoms with van der Waals surface area (Å²) in [5, 5.41) is 23.5. The number of benzene rings is 3. The molecule has 1 aromatic heterocycles. The molecule has 0 aliphatic carbocycles. The molecule has 10 heteroatoms. The van der Waals surface area contributed by atoms with Crippen LogP contribution in [0.2, 0.25) is 0 Å². The van der Waals surface area contributed by atoms with Crippen LogP contribution in [-0.2, 0) is 0 Å². The van der Waals surface area contributed by atoms with E-state index in [1.165, 1.54) is 10.9 Å². The monoisotopic (exact) mass is 472 g/mol. The fraction of sp³-hybridized carbons (Fsp3) is 0.240. The van der Waals surface area contributed by atoms with Crippen molar-refractivity contribution in [3.63, 3.8) is 0 Å². The van der Waals surface area contributed by atoms with E-state index in [4.69, 9.17) is 4.74 Å². The van der Waals surface area contributed by atoms with Crippen LogP contribution in [0.3, 0.4) is 0 Å². The number of hydrogen-bond acceptors (Lipinski definition) is 7. The van der Waals surface area contributed by atoms with Gasteiger partial charge in [-0.3, -0.25) is 14.9 Å². The molecule has 3 aromatic carbocycles. The lowest BCUT2D eigenvalue weighted by molar-refractivity contribution is -0.384. The fourth-order valence-electron chi connectivity index (χ4n) is 4.19. The minimum absolute atomic E-state index is 0.0618. The third-order valence-electron chi connectivity index (χ3n) is 5.90. The number of carbonyl (C=O) groups excluding carboxylic acids is 1. The van der Waals surface area contributed by atoms with E-state index in [9.17, 15) is 14.9 Å². The Bertz CT molecular complexity index is 1390. The highest BCUT2D eigenvalue weighted by Crippen LogP contribution is 2.32. The van der Waals surface area contributed by atoms with Crippen LogP contribution in [0.4, 0.5) is 17.1 Å². The Hall–Kier alpha value is -4.47. The van der Waals surface area contributed by atoms with Gasteiger partial charge in [0.05, 0.1) is 17.2 Å². The topological polar surface area (TPSA) is 115 Å². The molecule has 1 N–H and O–H groups in total. The summed E-state index contributed by atoms with van der Waals surface area (Å²) in [4.78, 5) is 27.6. The van der Waals surface area contributed by atoms with Gasteiger partial charge in [0.25, 0.3) is 11.6 Å². The molecular formula is C25H24N6O4. The van der Waals surface area contributed by atoms with E-state index in [1.807, 2.05) is 36.1 Å². The average Bonchev–Trinajstić information content (AvgIpc) is 3.54. The molecule has 0 unspecified atom stereocenters. The smallest absolute Gasteiger partial charge is 0.293 e. The second kappa shape index (κ2) is 9.41. The highest BCUT2D eigenvalue weighted by Gasteiger charge is 2.24. The molecule has 0 saturated carbocycles. The van der Waals surface area contributed by atoms with Crippen LogP contribution in [0.25, 0.3) is 16.7 Å². The van der Waals surface area contributed by atoms with Crippen molar-refractivity contribution in [3.05, 3.63) is 76.3 Å². The first-order valence-corrected chi connectivity index (χ1v) is 11.5. The number of amides is 1. The van der Waals surface area contributed by atoms with Crippen molar-refractivity contribution in [2.75, 3.05) is 29.9 Å². The summed E-state index contributed by atoms with van der Waals surface area (Å²) in [6, 6.07) is 17.3. The summed E-state index contributed by atoms with van der Waals surface area (Å²) < 4.78 is 5.47. The van der Waals surface area contributed by atoms with Gasteiger partial charge in [0.15, 0.2) is 0 Å². The standard InChI is InChI=1S/C25H24N6O4/c1-2-35-20-9-7-19(8-10-20)30-27-21-11-6-18(16-22(21)28-30)26-25(32)17-5-12-23(24(15-17)31(33)34)29-13-3-4-14-29/h5-12,15-16H,2-4,13-14H2,1H3,(H,26,32). The minimum atomic E-state index is -0.435. The molecule has 1 aliphatic heterocycles. The highest BCUT2D eigenvalue weighted by molar-refractivity contribution is 6.05. The molecular weight excluding hydrogens is 448 g/mol. The zero-order chi connectivity index (χ0) is 24.4. The van der Waals surface area contributed by atoms with Crippen molar-refractivity contribution in [3.8, 4) is 11.4 Å².